The van der Waals surface area contributed by atoms with Crippen molar-refractivity contribution in [1.29, 1.82) is 0 Å². The minimum absolute atomic E-state index is 0.0776. The summed E-state index contributed by atoms with van der Waals surface area (Å²) in [4.78, 5) is 25.6. The highest BCUT2D eigenvalue weighted by Crippen LogP contribution is 2.38. The Morgan fingerprint density at radius 2 is 1.24 bits per heavy atom. The number of sulfonamides is 2. The first-order chi connectivity index (χ1) is 21.2. The molecule has 0 amide bonds. The van der Waals surface area contributed by atoms with Crippen LogP contribution in [0.15, 0.2) is 88.8 Å². The predicted molar refractivity (Wildman–Crippen MR) is 148 cm³/mol. The number of aliphatic carboxylic acids is 1. The van der Waals surface area contributed by atoms with Crippen molar-refractivity contribution in [3.8, 4) is 0 Å². The summed E-state index contributed by atoms with van der Waals surface area (Å²) in [7, 11) is -10.1. The van der Waals surface area contributed by atoms with Gasteiger partial charge >= 0.3 is 18.3 Å². The van der Waals surface area contributed by atoms with Gasteiger partial charge in [0.15, 0.2) is 5.82 Å². The normalized spacial score (nSPS) is 12.6. The minimum Gasteiger partial charge on any atom is -0.480 e. The summed E-state index contributed by atoms with van der Waals surface area (Å²) in [6, 6.07) is 9.95. The molecule has 244 valence electrons. The van der Waals surface area contributed by atoms with Crippen LogP contribution in [0.3, 0.4) is 0 Å². The lowest BCUT2D eigenvalue weighted by Crippen LogP contribution is -2.40. The number of alkyl halides is 6. The Hall–Kier alpha value is -4.78. The standard InChI is InChI=1S/C27H18F7N3O7S2/c28-17-7-11-19(12-8-17)46(43,44)37(15-26(29,30)31)22-13-35-25(21-4-2-1-3-20(21)22)36(14-23(38)39)45(41,42)18-9-5-16(6-10-18)24(40)27(32,33)34/h1-13H,14-15H2,(H,38,39). The number of pyridine rings is 1. The molecule has 0 unspecified atom stereocenters. The second kappa shape index (κ2) is 12.2. The molecule has 4 aromatic rings. The van der Waals surface area contributed by atoms with Crippen LogP contribution in [0.25, 0.3) is 10.8 Å². The maximum Gasteiger partial charge on any atom is 0.454 e. The topological polar surface area (TPSA) is 142 Å². The van der Waals surface area contributed by atoms with Gasteiger partial charge in [-0.3, -0.25) is 13.9 Å². The highest BCUT2D eigenvalue weighted by Gasteiger charge is 2.41. The number of ketones is 1. The molecule has 0 aliphatic carbocycles. The number of nitrogens with zero attached hydrogens (tertiary/aromatic N) is 3. The molecule has 0 saturated heterocycles. The number of hydrogen-bond donors (Lipinski definition) is 1. The van der Waals surface area contributed by atoms with E-state index in [1.165, 1.54) is 12.1 Å². The number of benzene rings is 3. The van der Waals surface area contributed by atoms with Crippen LogP contribution in [0.4, 0.5) is 42.2 Å². The number of anilines is 2. The first-order valence-corrected chi connectivity index (χ1v) is 15.3. The first kappa shape index (κ1) is 34.1. The van der Waals surface area contributed by atoms with E-state index in [4.69, 9.17) is 0 Å². The van der Waals surface area contributed by atoms with Gasteiger partial charge in [0.1, 0.15) is 18.9 Å². The number of rotatable bonds is 10. The SMILES string of the molecule is O=C(O)CN(c1ncc(N(CC(F)(F)F)S(=O)(=O)c2ccc(F)cc2)c2ccccc12)S(=O)(=O)c1ccc(C(=O)C(F)(F)F)cc1. The van der Waals surface area contributed by atoms with Crippen molar-refractivity contribution in [2.45, 2.75) is 22.1 Å². The number of carboxylic acid groups (broad SMARTS) is 1. The zero-order chi connectivity index (χ0) is 34.2. The maximum absolute atomic E-state index is 13.7. The molecule has 1 N–H and O–H groups in total. The van der Waals surface area contributed by atoms with E-state index in [2.05, 4.69) is 4.98 Å². The quantitative estimate of drug-likeness (QED) is 0.178. The van der Waals surface area contributed by atoms with Crippen LogP contribution < -0.4 is 8.61 Å². The fourth-order valence-electron chi connectivity index (χ4n) is 4.22. The van der Waals surface area contributed by atoms with E-state index in [0.29, 0.717) is 42.6 Å². The molecule has 0 saturated carbocycles. The van der Waals surface area contributed by atoms with E-state index >= 15 is 0 Å². The van der Waals surface area contributed by atoms with Crippen LogP contribution in [-0.2, 0) is 24.8 Å². The van der Waals surface area contributed by atoms with E-state index in [1.54, 1.807) is 0 Å². The van der Waals surface area contributed by atoms with Crippen LogP contribution in [0.5, 0.6) is 0 Å². The zero-order valence-corrected chi connectivity index (χ0v) is 24.3. The Kier molecular flexibility index (Phi) is 9.04. The molecule has 0 bridgehead atoms. The van der Waals surface area contributed by atoms with Gasteiger partial charge in [-0.05, 0) is 48.5 Å². The molecule has 10 nitrogen and oxygen atoms in total. The smallest absolute Gasteiger partial charge is 0.454 e. The van der Waals surface area contributed by atoms with Crippen molar-refractivity contribution in [3.63, 3.8) is 0 Å². The largest absolute Gasteiger partial charge is 0.480 e. The van der Waals surface area contributed by atoms with Crippen molar-refractivity contribution in [3.05, 3.63) is 90.4 Å². The monoisotopic (exact) mass is 693 g/mol. The third-order valence-corrected chi connectivity index (χ3v) is 9.75. The fourth-order valence-corrected chi connectivity index (χ4v) is 7.07. The van der Waals surface area contributed by atoms with Crippen molar-refractivity contribution < 1.29 is 62.3 Å². The molecule has 0 aliphatic heterocycles. The van der Waals surface area contributed by atoms with Crippen LogP contribution >= 0.6 is 0 Å². The van der Waals surface area contributed by atoms with Gasteiger partial charge in [-0.25, -0.2) is 30.5 Å². The number of Topliss-reactive ketones (excluding diaryl/α,β-unsaturated/α-hetero) is 1. The lowest BCUT2D eigenvalue weighted by molar-refractivity contribution is -0.135. The Morgan fingerprint density at radius 3 is 1.74 bits per heavy atom. The van der Waals surface area contributed by atoms with E-state index < -0.39 is 89.9 Å². The van der Waals surface area contributed by atoms with E-state index in [0.717, 1.165) is 24.3 Å². The van der Waals surface area contributed by atoms with Gasteiger partial charge < -0.3 is 5.11 Å². The zero-order valence-electron chi connectivity index (χ0n) is 22.6. The Bertz CT molecular complexity index is 2020. The van der Waals surface area contributed by atoms with Crippen molar-refractivity contribution in [2.24, 2.45) is 0 Å². The van der Waals surface area contributed by atoms with Crippen LogP contribution in [0, 0.1) is 5.82 Å². The Balaban J connectivity index is 1.91. The average Bonchev–Trinajstić information content (AvgIpc) is 2.97. The van der Waals surface area contributed by atoms with Gasteiger partial charge in [0.25, 0.3) is 25.8 Å². The van der Waals surface area contributed by atoms with E-state index in [1.807, 2.05) is 0 Å². The van der Waals surface area contributed by atoms with Gasteiger partial charge in [0.05, 0.1) is 21.7 Å². The van der Waals surface area contributed by atoms with E-state index in [9.17, 15) is 62.3 Å². The van der Waals surface area contributed by atoms with Crippen molar-refractivity contribution >= 4 is 54.1 Å². The summed E-state index contributed by atoms with van der Waals surface area (Å²) in [5.41, 5.74) is -1.63. The molecule has 46 heavy (non-hydrogen) atoms. The molecule has 4 rings (SSSR count). The summed E-state index contributed by atoms with van der Waals surface area (Å²) in [6.07, 6.45) is -9.84. The number of carboxylic acids is 1. The van der Waals surface area contributed by atoms with Gasteiger partial charge in [0.2, 0.25) is 0 Å². The average molecular weight is 694 g/mol. The molecule has 0 radical (unpaired) electrons. The number of aromatic nitrogens is 1. The molecular formula is C27H18F7N3O7S2. The first-order valence-electron chi connectivity index (χ1n) is 12.4. The number of halogens is 7. The van der Waals surface area contributed by atoms with Crippen LogP contribution in [0.2, 0.25) is 0 Å². The molecule has 19 heteroatoms. The number of carbonyl (C=O) groups excluding carboxylic acids is 1. The molecule has 1 heterocycles. The number of carbonyl (C=O) groups is 2. The molecular weight excluding hydrogens is 675 g/mol. The van der Waals surface area contributed by atoms with E-state index in [-0.39, 0.29) is 19.4 Å². The predicted octanol–water partition coefficient (Wildman–Crippen LogP) is 5.16. The number of fused-ring (bicyclic) bond motifs is 1. The molecule has 3 aromatic carbocycles. The second-order valence-corrected chi connectivity index (χ2v) is 13.1. The van der Waals surface area contributed by atoms with Crippen molar-refractivity contribution in [1.82, 2.24) is 4.98 Å². The van der Waals surface area contributed by atoms with Crippen LogP contribution in [0.1, 0.15) is 10.4 Å². The molecule has 1 aromatic heterocycles. The summed E-state index contributed by atoms with van der Waals surface area (Å²) in [6.45, 7) is -3.44. The summed E-state index contributed by atoms with van der Waals surface area (Å²) in [5.74, 6) is -5.59. The van der Waals surface area contributed by atoms with Crippen molar-refractivity contribution in [2.75, 3.05) is 21.7 Å². The molecule has 0 atom stereocenters. The molecule has 0 fully saturated rings. The Labute approximate surface area is 255 Å². The second-order valence-electron chi connectivity index (χ2n) is 9.35. The minimum atomic E-state index is -5.27. The highest BCUT2D eigenvalue weighted by atomic mass is 32.2. The highest BCUT2D eigenvalue weighted by molar-refractivity contribution is 7.93. The lowest BCUT2D eigenvalue weighted by atomic mass is 10.1. The lowest BCUT2D eigenvalue weighted by Gasteiger charge is -2.28. The molecule has 0 aliphatic rings. The van der Waals surface area contributed by atoms with Gasteiger partial charge in [-0.15, -0.1) is 0 Å². The third kappa shape index (κ3) is 7.04. The summed E-state index contributed by atoms with van der Waals surface area (Å²) >= 11 is 0. The summed E-state index contributed by atoms with van der Waals surface area (Å²) < 4.78 is 147. The van der Waals surface area contributed by atoms with Gasteiger partial charge in [-0.2, -0.15) is 26.3 Å². The van der Waals surface area contributed by atoms with Crippen LogP contribution in [-0.4, -0.2) is 64.1 Å². The summed E-state index contributed by atoms with van der Waals surface area (Å²) in [5, 5.41) is 8.84. The van der Waals surface area contributed by atoms with Gasteiger partial charge in [-0.1, -0.05) is 24.3 Å². The maximum atomic E-state index is 13.7. The molecule has 0 spiro atoms. The third-order valence-electron chi connectivity index (χ3n) is 6.22. The Morgan fingerprint density at radius 1 is 0.739 bits per heavy atom. The fraction of sp³-hybridized carbons (Fsp3) is 0.148. The van der Waals surface area contributed by atoms with Gasteiger partial charge in [0, 0.05) is 16.3 Å². The number of hydrogen-bond acceptors (Lipinski definition) is 7.